The molecule has 0 bridgehead atoms. The summed E-state index contributed by atoms with van der Waals surface area (Å²) in [6.45, 7) is 6.60. The molecule has 18 heavy (non-hydrogen) atoms. The van der Waals surface area contributed by atoms with Crippen LogP contribution >= 0.6 is 12.4 Å². The van der Waals surface area contributed by atoms with Crippen LogP contribution in [0.3, 0.4) is 0 Å². The SMILES string of the molecule is CNCC(=O)NC(C)Cc1cc(C)cc(C)c1.Cl. The molecule has 102 valence electrons. The summed E-state index contributed by atoms with van der Waals surface area (Å²) < 4.78 is 0. The number of aryl methyl sites for hydroxylation is 2. The van der Waals surface area contributed by atoms with Gasteiger partial charge in [0, 0.05) is 6.04 Å². The van der Waals surface area contributed by atoms with Gasteiger partial charge in [-0.15, -0.1) is 12.4 Å². The number of halogens is 1. The highest BCUT2D eigenvalue weighted by atomic mass is 35.5. The zero-order chi connectivity index (χ0) is 12.8. The average molecular weight is 271 g/mol. The van der Waals surface area contributed by atoms with Crippen molar-refractivity contribution in [2.45, 2.75) is 33.2 Å². The molecule has 4 heteroatoms. The minimum atomic E-state index is 0. The van der Waals surface area contributed by atoms with Gasteiger partial charge in [0.25, 0.3) is 0 Å². The highest BCUT2D eigenvalue weighted by Crippen LogP contribution is 2.10. The summed E-state index contributed by atoms with van der Waals surface area (Å²) in [5.41, 5.74) is 3.82. The molecule has 0 aliphatic rings. The highest BCUT2D eigenvalue weighted by molar-refractivity contribution is 5.85. The van der Waals surface area contributed by atoms with E-state index in [1.165, 1.54) is 16.7 Å². The van der Waals surface area contributed by atoms with Gasteiger partial charge >= 0.3 is 0 Å². The van der Waals surface area contributed by atoms with Crippen molar-refractivity contribution in [2.75, 3.05) is 13.6 Å². The van der Waals surface area contributed by atoms with Gasteiger partial charge in [-0.25, -0.2) is 0 Å². The maximum absolute atomic E-state index is 11.4. The third-order valence-corrected chi connectivity index (χ3v) is 2.57. The van der Waals surface area contributed by atoms with E-state index in [0.29, 0.717) is 6.54 Å². The highest BCUT2D eigenvalue weighted by Gasteiger charge is 2.07. The molecule has 0 heterocycles. The largest absolute Gasteiger partial charge is 0.352 e. The van der Waals surface area contributed by atoms with Gasteiger partial charge in [-0.3, -0.25) is 4.79 Å². The number of rotatable bonds is 5. The predicted octanol–water partition coefficient (Wildman–Crippen LogP) is 1.99. The lowest BCUT2D eigenvalue weighted by Gasteiger charge is -2.14. The van der Waals surface area contributed by atoms with E-state index in [9.17, 15) is 4.79 Å². The molecule has 0 spiro atoms. The molecule has 1 rings (SSSR count). The first-order chi connectivity index (χ1) is 8.01. The summed E-state index contributed by atoms with van der Waals surface area (Å²) in [6, 6.07) is 6.67. The van der Waals surface area contributed by atoms with E-state index in [1.54, 1.807) is 7.05 Å². The third-order valence-electron chi connectivity index (χ3n) is 2.57. The smallest absolute Gasteiger partial charge is 0.234 e. The second-order valence-electron chi connectivity index (χ2n) is 4.70. The number of nitrogens with one attached hydrogen (secondary N) is 2. The minimum absolute atomic E-state index is 0. The fourth-order valence-corrected chi connectivity index (χ4v) is 2.08. The Bertz CT molecular complexity index is 373. The molecule has 0 aromatic heterocycles. The molecule has 1 unspecified atom stereocenters. The molecule has 0 saturated heterocycles. The normalized spacial score (nSPS) is 11.6. The lowest BCUT2D eigenvalue weighted by atomic mass is 10.0. The fourth-order valence-electron chi connectivity index (χ4n) is 2.08. The summed E-state index contributed by atoms with van der Waals surface area (Å²) in [5.74, 6) is 0.0457. The van der Waals surface area contributed by atoms with E-state index >= 15 is 0 Å². The lowest BCUT2D eigenvalue weighted by molar-refractivity contribution is -0.120. The summed E-state index contributed by atoms with van der Waals surface area (Å²) in [5, 5.41) is 5.81. The zero-order valence-electron chi connectivity index (χ0n) is 11.5. The van der Waals surface area contributed by atoms with Gasteiger partial charge in [-0.05, 0) is 39.8 Å². The number of hydrogen-bond donors (Lipinski definition) is 2. The fraction of sp³-hybridized carbons (Fsp3) is 0.500. The van der Waals surface area contributed by atoms with Gasteiger partial charge in [0.1, 0.15) is 0 Å². The number of benzene rings is 1. The summed E-state index contributed by atoms with van der Waals surface area (Å²) >= 11 is 0. The van der Waals surface area contributed by atoms with Gasteiger partial charge in [0.05, 0.1) is 6.54 Å². The van der Waals surface area contributed by atoms with Crippen LogP contribution in [0.5, 0.6) is 0 Å². The lowest BCUT2D eigenvalue weighted by Crippen LogP contribution is -2.39. The van der Waals surface area contributed by atoms with Crippen LogP contribution in [0.15, 0.2) is 18.2 Å². The van der Waals surface area contributed by atoms with Crippen LogP contribution < -0.4 is 10.6 Å². The number of hydrogen-bond acceptors (Lipinski definition) is 2. The van der Waals surface area contributed by atoms with Gasteiger partial charge in [0.15, 0.2) is 0 Å². The van der Waals surface area contributed by atoms with E-state index in [-0.39, 0.29) is 24.4 Å². The Morgan fingerprint density at radius 2 is 1.78 bits per heavy atom. The van der Waals surface area contributed by atoms with Crippen molar-refractivity contribution in [1.82, 2.24) is 10.6 Å². The monoisotopic (exact) mass is 270 g/mol. The van der Waals surface area contributed by atoms with Crippen LogP contribution in [-0.2, 0) is 11.2 Å². The number of amides is 1. The Kier molecular flexibility index (Phi) is 7.64. The van der Waals surface area contributed by atoms with Crippen molar-refractivity contribution >= 4 is 18.3 Å². The average Bonchev–Trinajstić information content (AvgIpc) is 2.14. The molecule has 3 nitrogen and oxygen atoms in total. The summed E-state index contributed by atoms with van der Waals surface area (Å²) in [4.78, 5) is 11.4. The molecule has 1 atom stereocenters. The third kappa shape index (κ3) is 6.03. The molecule has 0 aliphatic heterocycles. The van der Waals surface area contributed by atoms with E-state index < -0.39 is 0 Å². The molecular formula is C14H23ClN2O. The van der Waals surface area contributed by atoms with Crippen LogP contribution in [0.1, 0.15) is 23.6 Å². The molecule has 0 radical (unpaired) electrons. The van der Waals surface area contributed by atoms with E-state index in [4.69, 9.17) is 0 Å². The first-order valence-corrected chi connectivity index (χ1v) is 6.02. The van der Waals surface area contributed by atoms with Crippen molar-refractivity contribution in [2.24, 2.45) is 0 Å². The van der Waals surface area contributed by atoms with Crippen molar-refractivity contribution in [1.29, 1.82) is 0 Å². The molecule has 1 aromatic carbocycles. The summed E-state index contributed by atoms with van der Waals surface area (Å²) in [6.07, 6.45) is 0.873. The van der Waals surface area contributed by atoms with E-state index in [0.717, 1.165) is 6.42 Å². The van der Waals surface area contributed by atoms with Gasteiger partial charge < -0.3 is 10.6 Å². The van der Waals surface area contributed by atoms with Crippen molar-refractivity contribution in [3.8, 4) is 0 Å². The zero-order valence-corrected chi connectivity index (χ0v) is 12.4. The van der Waals surface area contributed by atoms with Gasteiger partial charge in [0.2, 0.25) is 5.91 Å². The van der Waals surface area contributed by atoms with Crippen molar-refractivity contribution in [3.63, 3.8) is 0 Å². The maximum Gasteiger partial charge on any atom is 0.234 e. The van der Waals surface area contributed by atoms with Crippen LogP contribution in [0.4, 0.5) is 0 Å². The Morgan fingerprint density at radius 1 is 1.22 bits per heavy atom. The molecule has 2 N–H and O–H groups in total. The van der Waals surface area contributed by atoms with Crippen molar-refractivity contribution in [3.05, 3.63) is 34.9 Å². The van der Waals surface area contributed by atoms with Gasteiger partial charge in [-0.1, -0.05) is 29.3 Å². The second-order valence-corrected chi connectivity index (χ2v) is 4.70. The molecule has 0 aliphatic carbocycles. The molecule has 0 fully saturated rings. The van der Waals surface area contributed by atoms with Crippen molar-refractivity contribution < 1.29 is 4.79 Å². The van der Waals surface area contributed by atoms with Crippen LogP contribution in [0, 0.1) is 13.8 Å². The number of carbonyl (C=O) groups is 1. The standard InChI is InChI=1S/C14H22N2O.ClH/c1-10-5-11(2)7-13(6-10)8-12(3)16-14(17)9-15-4;/h5-7,12,15H,8-9H2,1-4H3,(H,16,17);1H. The first kappa shape index (κ1) is 16.9. The topological polar surface area (TPSA) is 41.1 Å². The van der Waals surface area contributed by atoms with Crippen LogP contribution in [0.2, 0.25) is 0 Å². The Morgan fingerprint density at radius 3 is 2.28 bits per heavy atom. The van der Waals surface area contributed by atoms with E-state index in [1.807, 2.05) is 6.92 Å². The predicted molar refractivity (Wildman–Crippen MR) is 78.4 cm³/mol. The first-order valence-electron chi connectivity index (χ1n) is 6.02. The quantitative estimate of drug-likeness (QED) is 0.859. The molecule has 0 saturated carbocycles. The Balaban J connectivity index is 0.00000289. The molecular weight excluding hydrogens is 248 g/mol. The molecule has 1 amide bonds. The van der Waals surface area contributed by atoms with Gasteiger partial charge in [-0.2, -0.15) is 0 Å². The van der Waals surface area contributed by atoms with Crippen LogP contribution in [0.25, 0.3) is 0 Å². The number of likely N-dealkylation sites (N-methyl/N-ethyl adjacent to an activating group) is 1. The number of carbonyl (C=O) groups excluding carboxylic acids is 1. The maximum atomic E-state index is 11.4. The van der Waals surface area contributed by atoms with E-state index in [2.05, 4.69) is 42.7 Å². The Hall–Kier alpha value is -1.06. The summed E-state index contributed by atoms with van der Waals surface area (Å²) in [7, 11) is 1.77. The Labute approximate surface area is 116 Å². The minimum Gasteiger partial charge on any atom is -0.352 e. The molecule has 1 aromatic rings. The van der Waals surface area contributed by atoms with Crippen LogP contribution in [-0.4, -0.2) is 25.5 Å². The second kappa shape index (κ2) is 8.11.